The van der Waals surface area contributed by atoms with Gasteiger partial charge in [0.25, 0.3) is 0 Å². The minimum atomic E-state index is 0.826. The van der Waals surface area contributed by atoms with E-state index in [0.29, 0.717) is 0 Å². The van der Waals surface area contributed by atoms with Crippen LogP contribution in [-0.2, 0) is 0 Å². The van der Waals surface area contributed by atoms with Crippen LogP contribution < -0.4 is 5.73 Å². The van der Waals surface area contributed by atoms with E-state index < -0.39 is 0 Å². The molecule has 0 saturated carbocycles. The Bertz CT molecular complexity index is 1020. The molecular formula is C18H12N2. The predicted octanol–water partition coefficient (Wildman–Crippen LogP) is 4.42. The molecule has 2 nitrogen and oxygen atoms in total. The van der Waals surface area contributed by atoms with Crippen LogP contribution >= 0.6 is 0 Å². The number of hydrogen-bond acceptors (Lipinski definition) is 1. The SMILES string of the molecule is Nc1cc2c3ccccc3n3c4ccccc4c(c1)c23. The van der Waals surface area contributed by atoms with E-state index in [1.807, 2.05) is 0 Å². The van der Waals surface area contributed by atoms with Crippen molar-refractivity contribution in [3.63, 3.8) is 0 Å². The lowest BCUT2D eigenvalue weighted by molar-refractivity contribution is 1.37. The van der Waals surface area contributed by atoms with Crippen LogP contribution in [0.5, 0.6) is 0 Å². The van der Waals surface area contributed by atoms with Crippen molar-refractivity contribution in [1.29, 1.82) is 0 Å². The van der Waals surface area contributed by atoms with E-state index in [4.69, 9.17) is 5.73 Å². The summed E-state index contributed by atoms with van der Waals surface area (Å²) in [7, 11) is 0. The number of hydrogen-bond donors (Lipinski definition) is 1. The third kappa shape index (κ3) is 1.02. The van der Waals surface area contributed by atoms with Crippen molar-refractivity contribution in [3.05, 3.63) is 60.7 Å². The van der Waals surface area contributed by atoms with Crippen molar-refractivity contribution in [3.8, 4) is 0 Å². The Morgan fingerprint density at radius 1 is 0.650 bits per heavy atom. The molecule has 5 rings (SSSR count). The minimum Gasteiger partial charge on any atom is -0.399 e. The molecule has 2 heterocycles. The number of aromatic nitrogens is 1. The van der Waals surface area contributed by atoms with E-state index in [1.54, 1.807) is 0 Å². The molecule has 0 aliphatic rings. The fourth-order valence-corrected chi connectivity index (χ4v) is 3.47. The van der Waals surface area contributed by atoms with Gasteiger partial charge in [-0.3, -0.25) is 0 Å². The summed E-state index contributed by atoms with van der Waals surface area (Å²) in [6.07, 6.45) is 0. The Balaban J connectivity index is 2.30. The van der Waals surface area contributed by atoms with E-state index in [-0.39, 0.29) is 0 Å². The normalized spacial score (nSPS) is 12.2. The molecule has 2 heteroatoms. The van der Waals surface area contributed by atoms with Crippen LogP contribution in [-0.4, -0.2) is 4.40 Å². The number of fused-ring (bicyclic) bond motifs is 6. The second-order valence-corrected chi connectivity index (χ2v) is 5.33. The van der Waals surface area contributed by atoms with Crippen molar-refractivity contribution in [2.75, 3.05) is 5.73 Å². The Hall–Kier alpha value is -2.74. The highest BCUT2D eigenvalue weighted by Crippen LogP contribution is 2.39. The Kier molecular flexibility index (Phi) is 1.63. The molecule has 20 heavy (non-hydrogen) atoms. The Labute approximate surface area is 115 Å². The number of rotatable bonds is 0. The second kappa shape index (κ2) is 3.23. The molecule has 0 radical (unpaired) electrons. The van der Waals surface area contributed by atoms with Crippen LogP contribution in [0, 0.1) is 0 Å². The quantitative estimate of drug-likeness (QED) is 0.408. The first kappa shape index (κ1) is 10.1. The van der Waals surface area contributed by atoms with Crippen molar-refractivity contribution < 1.29 is 0 Å². The Morgan fingerprint density at radius 2 is 1.15 bits per heavy atom. The number of nitrogen functional groups attached to an aromatic ring is 1. The average molecular weight is 256 g/mol. The number of benzene rings is 3. The molecule has 0 amide bonds. The zero-order valence-corrected chi connectivity index (χ0v) is 10.8. The van der Waals surface area contributed by atoms with Crippen LogP contribution in [0.25, 0.3) is 38.1 Å². The van der Waals surface area contributed by atoms with Crippen molar-refractivity contribution in [2.45, 2.75) is 0 Å². The van der Waals surface area contributed by atoms with Crippen molar-refractivity contribution >= 4 is 43.8 Å². The zero-order chi connectivity index (χ0) is 13.3. The summed E-state index contributed by atoms with van der Waals surface area (Å²) in [4.78, 5) is 0. The standard InChI is InChI=1S/C18H12N2/c19-11-9-14-12-5-1-3-7-16(12)20-17-8-4-2-6-13(17)15(10-11)18(14)20/h1-10H,19H2. The number of anilines is 1. The molecule has 0 unspecified atom stereocenters. The topological polar surface area (TPSA) is 30.4 Å². The van der Waals surface area contributed by atoms with Crippen LogP contribution in [0.4, 0.5) is 5.69 Å². The maximum atomic E-state index is 6.12. The van der Waals surface area contributed by atoms with Gasteiger partial charge in [0.05, 0.1) is 16.6 Å². The summed E-state index contributed by atoms with van der Waals surface area (Å²) in [5.41, 5.74) is 10.7. The molecule has 0 spiro atoms. The first-order valence-corrected chi connectivity index (χ1v) is 6.77. The molecule has 2 aromatic heterocycles. The van der Waals surface area contributed by atoms with Gasteiger partial charge in [-0.2, -0.15) is 0 Å². The van der Waals surface area contributed by atoms with E-state index >= 15 is 0 Å². The number of nitrogens with two attached hydrogens (primary N) is 1. The van der Waals surface area contributed by atoms with Gasteiger partial charge in [0.15, 0.2) is 0 Å². The predicted molar refractivity (Wildman–Crippen MR) is 85.5 cm³/mol. The summed E-state index contributed by atoms with van der Waals surface area (Å²) in [5, 5.41) is 5.02. The van der Waals surface area contributed by atoms with Crippen LogP contribution in [0.1, 0.15) is 0 Å². The van der Waals surface area contributed by atoms with Crippen molar-refractivity contribution in [2.24, 2.45) is 0 Å². The molecule has 5 aromatic rings. The lowest BCUT2D eigenvalue weighted by atomic mass is 10.1. The summed E-state index contributed by atoms with van der Waals surface area (Å²) < 4.78 is 2.36. The molecule has 0 saturated heterocycles. The average Bonchev–Trinajstić information content (AvgIpc) is 2.98. The minimum absolute atomic E-state index is 0.826. The first-order chi connectivity index (χ1) is 9.84. The third-order valence-corrected chi connectivity index (χ3v) is 4.23. The monoisotopic (exact) mass is 256 g/mol. The largest absolute Gasteiger partial charge is 0.399 e. The molecule has 0 aliphatic carbocycles. The summed E-state index contributed by atoms with van der Waals surface area (Å²) in [5.74, 6) is 0. The van der Waals surface area contributed by atoms with Gasteiger partial charge in [-0.05, 0) is 24.3 Å². The number of para-hydroxylation sites is 2. The fraction of sp³-hybridized carbons (Fsp3) is 0. The fourth-order valence-electron chi connectivity index (χ4n) is 3.47. The molecular weight excluding hydrogens is 244 g/mol. The van der Waals surface area contributed by atoms with Crippen LogP contribution in [0.2, 0.25) is 0 Å². The van der Waals surface area contributed by atoms with Crippen LogP contribution in [0.3, 0.4) is 0 Å². The molecule has 0 aliphatic heterocycles. The Morgan fingerprint density at radius 3 is 1.70 bits per heavy atom. The molecule has 0 atom stereocenters. The van der Waals surface area contributed by atoms with Gasteiger partial charge in [-0.1, -0.05) is 36.4 Å². The highest BCUT2D eigenvalue weighted by Gasteiger charge is 2.16. The molecule has 94 valence electrons. The lowest BCUT2D eigenvalue weighted by Gasteiger charge is -1.97. The van der Waals surface area contributed by atoms with E-state index in [9.17, 15) is 0 Å². The van der Waals surface area contributed by atoms with Crippen LogP contribution in [0.15, 0.2) is 60.7 Å². The third-order valence-electron chi connectivity index (χ3n) is 4.23. The smallest absolute Gasteiger partial charge is 0.0622 e. The maximum absolute atomic E-state index is 6.12. The summed E-state index contributed by atoms with van der Waals surface area (Å²) >= 11 is 0. The zero-order valence-electron chi connectivity index (χ0n) is 10.8. The van der Waals surface area contributed by atoms with E-state index in [1.165, 1.54) is 38.1 Å². The summed E-state index contributed by atoms with van der Waals surface area (Å²) in [6.45, 7) is 0. The van der Waals surface area contributed by atoms with Gasteiger partial charge in [0, 0.05) is 27.2 Å². The molecule has 0 fully saturated rings. The van der Waals surface area contributed by atoms with E-state index in [2.05, 4.69) is 65.1 Å². The van der Waals surface area contributed by atoms with Gasteiger partial charge in [0.1, 0.15) is 0 Å². The highest BCUT2D eigenvalue weighted by molar-refractivity contribution is 6.24. The van der Waals surface area contributed by atoms with Gasteiger partial charge in [0.2, 0.25) is 0 Å². The van der Waals surface area contributed by atoms with Gasteiger partial charge in [-0.25, -0.2) is 0 Å². The molecule has 3 aromatic carbocycles. The van der Waals surface area contributed by atoms with Gasteiger partial charge >= 0.3 is 0 Å². The lowest BCUT2D eigenvalue weighted by Crippen LogP contribution is -1.83. The van der Waals surface area contributed by atoms with Gasteiger partial charge in [-0.15, -0.1) is 0 Å². The summed E-state index contributed by atoms with van der Waals surface area (Å²) in [6, 6.07) is 21.2. The van der Waals surface area contributed by atoms with Crippen molar-refractivity contribution in [1.82, 2.24) is 4.40 Å². The first-order valence-electron chi connectivity index (χ1n) is 6.77. The highest BCUT2D eigenvalue weighted by atomic mass is 14.9. The molecule has 0 bridgehead atoms. The van der Waals surface area contributed by atoms with E-state index in [0.717, 1.165) is 5.69 Å². The maximum Gasteiger partial charge on any atom is 0.0622 e. The number of nitrogens with zero attached hydrogens (tertiary/aromatic N) is 1. The van der Waals surface area contributed by atoms with Gasteiger partial charge < -0.3 is 10.1 Å². The second-order valence-electron chi connectivity index (χ2n) is 5.33. The molecule has 2 N–H and O–H groups in total.